The fourth-order valence-electron chi connectivity index (χ4n) is 2.83. The molecule has 2 N–H and O–H groups in total. The highest BCUT2D eigenvalue weighted by atomic mass is 19.1. The summed E-state index contributed by atoms with van der Waals surface area (Å²) in [6, 6.07) is 8.78. The molecule has 1 aromatic heterocycles. The molecule has 1 aliphatic rings. The van der Waals surface area contributed by atoms with E-state index < -0.39 is 22.9 Å². The quantitative estimate of drug-likeness (QED) is 0.878. The Labute approximate surface area is 143 Å². The highest BCUT2D eigenvalue weighted by molar-refractivity contribution is 5.94. The van der Waals surface area contributed by atoms with Gasteiger partial charge in [-0.25, -0.2) is 4.39 Å². The summed E-state index contributed by atoms with van der Waals surface area (Å²) in [6.45, 7) is 2.03. The van der Waals surface area contributed by atoms with Crippen LogP contribution >= 0.6 is 0 Å². The number of likely N-dealkylation sites (tertiary alicyclic amines) is 1. The van der Waals surface area contributed by atoms with Crippen LogP contribution in [0.15, 0.2) is 41.2 Å². The number of carbonyl (C=O) groups excluding carboxylic acids is 1. The number of aromatic nitrogens is 1. The van der Waals surface area contributed by atoms with Crippen molar-refractivity contribution in [3.05, 3.63) is 63.8 Å². The minimum atomic E-state index is -1.24. The van der Waals surface area contributed by atoms with Gasteiger partial charge in [0.2, 0.25) is 0 Å². The van der Waals surface area contributed by atoms with E-state index in [1.807, 2.05) is 0 Å². The number of amides is 1. The molecule has 1 fully saturated rings. The van der Waals surface area contributed by atoms with Crippen molar-refractivity contribution in [2.75, 3.05) is 19.7 Å². The molecule has 2 aromatic rings. The molecule has 1 aliphatic heterocycles. The number of aliphatic hydroxyl groups is 1. The number of halogens is 1. The minimum Gasteiger partial charge on any atom is -0.490 e. The van der Waals surface area contributed by atoms with E-state index in [-0.39, 0.29) is 18.7 Å². The van der Waals surface area contributed by atoms with Crippen LogP contribution in [-0.2, 0) is 0 Å². The van der Waals surface area contributed by atoms with Crippen LogP contribution in [0.25, 0.3) is 0 Å². The van der Waals surface area contributed by atoms with Crippen molar-refractivity contribution >= 4 is 5.91 Å². The number of ether oxygens (including phenoxy) is 1. The molecule has 1 amide bonds. The average molecular weight is 346 g/mol. The van der Waals surface area contributed by atoms with Gasteiger partial charge in [-0.05, 0) is 37.6 Å². The van der Waals surface area contributed by atoms with E-state index in [1.54, 1.807) is 19.1 Å². The van der Waals surface area contributed by atoms with E-state index in [2.05, 4.69) is 4.98 Å². The number of hydrogen-bond donors (Lipinski definition) is 2. The lowest BCUT2D eigenvalue weighted by molar-refractivity contribution is 0.00420. The first kappa shape index (κ1) is 17.2. The predicted molar refractivity (Wildman–Crippen MR) is 89.2 cm³/mol. The van der Waals surface area contributed by atoms with Gasteiger partial charge in [-0.15, -0.1) is 0 Å². The lowest BCUT2D eigenvalue weighted by Gasteiger charge is -2.23. The van der Waals surface area contributed by atoms with Crippen LogP contribution in [0.2, 0.25) is 0 Å². The molecule has 7 heteroatoms. The van der Waals surface area contributed by atoms with Crippen molar-refractivity contribution in [1.29, 1.82) is 0 Å². The summed E-state index contributed by atoms with van der Waals surface area (Å²) < 4.78 is 18.6. The van der Waals surface area contributed by atoms with Gasteiger partial charge in [0, 0.05) is 18.3 Å². The Hall–Kier alpha value is -2.67. The van der Waals surface area contributed by atoms with Crippen LogP contribution < -0.4 is 10.3 Å². The largest absolute Gasteiger partial charge is 0.490 e. The Morgan fingerprint density at radius 1 is 1.40 bits per heavy atom. The molecule has 0 saturated carbocycles. The summed E-state index contributed by atoms with van der Waals surface area (Å²) in [4.78, 5) is 28.4. The van der Waals surface area contributed by atoms with Gasteiger partial charge in [-0.2, -0.15) is 0 Å². The number of aromatic amines is 1. The molecule has 0 spiro atoms. The highest BCUT2D eigenvalue weighted by Crippen LogP contribution is 2.24. The number of nitrogens with zero attached hydrogens (tertiary/aromatic N) is 1. The standard InChI is InChI=1S/C18H19FN2O4/c1-12-5-6-15(16(22)20-12)17(23)21-8-7-18(24,10-21)11-25-14-4-2-3-13(19)9-14/h2-6,9,24H,7-8,10-11H2,1H3,(H,20,22). The molecule has 0 aliphatic carbocycles. The van der Waals surface area contributed by atoms with Gasteiger partial charge in [0.25, 0.3) is 11.5 Å². The maximum absolute atomic E-state index is 13.2. The maximum atomic E-state index is 13.2. The van der Waals surface area contributed by atoms with Crippen molar-refractivity contribution in [1.82, 2.24) is 9.88 Å². The number of H-pyrrole nitrogens is 1. The summed E-state index contributed by atoms with van der Waals surface area (Å²) in [5.41, 5.74) is -0.972. The monoisotopic (exact) mass is 346 g/mol. The van der Waals surface area contributed by atoms with Gasteiger partial charge < -0.3 is 19.7 Å². The van der Waals surface area contributed by atoms with E-state index >= 15 is 0 Å². The van der Waals surface area contributed by atoms with Crippen LogP contribution in [0.4, 0.5) is 4.39 Å². The predicted octanol–water partition coefficient (Wildman–Crippen LogP) is 1.48. The summed E-state index contributed by atoms with van der Waals surface area (Å²) >= 11 is 0. The Balaban J connectivity index is 1.65. The van der Waals surface area contributed by atoms with Gasteiger partial charge in [0.15, 0.2) is 0 Å². The molecule has 2 heterocycles. The van der Waals surface area contributed by atoms with Crippen LogP contribution in [0.3, 0.4) is 0 Å². The van der Waals surface area contributed by atoms with Crippen molar-refractivity contribution in [2.45, 2.75) is 18.9 Å². The minimum absolute atomic E-state index is 0.0425. The molecular weight excluding hydrogens is 327 g/mol. The lowest BCUT2D eigenvalue weighted by Crippen LogP contribution is -2.41. The normalized spacial score (nSPS) is 19.9. The van der Waals surface area contributed by atoms with Gasteiger partial charge >= 0.3 is 0 Å². The number of nitrogens with one attached hydrogen (secondary N) is 1. The number of carbonyl (C=O) groups is 1. The second-order valence-electron chi connectivity index (χ2n) is 6.33. The molecule has 1 atom stereocenters. The first-order chi connectivity index (χ1) is 11.9. The molecule has 0 radical (unpaired) electrons. The van der Waals surface area contributed by atoms with Crippen LogP contribution in [0.5, 0.6) is 5.75 Å². The van der Waals surface area contributed by atoms with Crippen molar-refractivity contribution in [2.24, 2.45) is 0 Å². The van der Waals surface area contributed by atoms with Gasteiger partial charge in [0.05, 0.1) is 6.54 Å². The zero-order valence-electron chi connectivity index (χ0n) is 13.8. The SMILES string of the molecule is Cc1ccc(C(=O)N2CCC(O)(COc3cccc(F)c3)C2)c(=O)[nH]1. The Bertz CT molecular complexity index is 851. The molecule has 3 rings (SSSR count). The average Bonchev–Trinajstić information content (AvgIpc) is 2.96. The molecular formula is C18H19FN2O4. The zero-order valence-corrected chi connectivity index (χ0v) is 13.8. The van der Waals surface area contributed by atoms with Gasteiger partial charge in [0.1, 0.15) is 29.3 Å². The summed E-state index contributed by atoms with van der Waals surface area (Å²) in [7, 11) is 0. The first-order valence-corrected chi connectivity index (χ1v) is 7.96. The topological polar surface area (TPSA) is 82.6 Å². The van der Waals surface area contributed by atoms with E-state index in [0.717, 1.165) is 0 Å². The summed E-state index contributed by atoms with van der Waals surface area (Å²) in [5.74, 6) is -0.539. The summed E-state index contributed by atoms with van der Waals surface area (Å²) in [6.07, 6.45) is 0.317. The lowest BCUT2D eigenvalue weighted by atomic mass is 10.1. The molecule has 1 unspecified atom stereocenters. The van der Waals surface area contributed by atoms with Gasteiger partial charge in [-0.1, -0.05) is 6.07 Å². The molecule has 0 bridgehead atoms. The van der Waals surface area contributed by atoms with E-state index in [9.17, 15) is 19.1 Å². The van der Waals surface area contributed by atoms with E-state index in [0.29, 0.717) is 24.4 Å². The molecule has 25 heavy (non-hydrogen) atoms. The Morgan fingerprint density at radius 2 is 2.20 bits per heavy atom. The molecule has 1 aromatic carbocycles. The number of aryl methyl sites for hydroxylation is 1. The van der Waals surface area contributed by atoms with Gasteiger partial charge in [-0.3, -0.25) is 9.59 Å². The van der Waals surface area contributed by atoms with Crippen LogP contribution in [0, 0.1) is 12.7 Å². The number of β-amino-alcohol motifs (C(OH)–C–C–N with tert-alkyl or cyclic N) is 1. The number of hydrogen-bond acceptors (Lipinski definition) is 4. The zero-order chi connectivity index (χ0) is 18.0. The second-order valence-corrected chi connectivity index (χ2v) is 6.33. The van der Waals surface area contributed by atoms with Crippen molar-refractivity contribution in [3.63, 3.8) is 0 Å². The molecule has 1 saturated heterocycles. The molecule has 132 valence electrons. The van der Waals surface area contributed by atoms with Crippen molar-refractivity contribution < 1.29 is 19.0 Å². The third-order valence-electron chi connectivity index (χ3n) is 4.21. The Kier molecular flexibility index (Phi) is 4.59. The smallest absolute Gasteiger partial charge is 0.260 e. The third kappa shape index (κ3) is 3.88. The number of rotatable bonds is 4. The highest BCUT2D eigenvalue weighted by Gasteiger charge is 2.39. The maximum Gasteiger partial charge on any atom is 0.260 e. The van der Waals surface area contributed by atoms with Crippen LogP contribution in [0.1, 0.15) is 22.5 Å². The number of benzene rings is 1. The van der Waals surface area contributed by atoms with Crippen LogP contribution in [-0.4, -0.2) is 46.2 Å². The summed E-state index contributed by atoms with van der Waals surface area (Å²) in [5, 5.41) is 10.6. The Morgan fingerprint density at radius 3 is 2.92 bits per heavy atom. The first-order valence-electron chi connectivity index (χ1n) is 7.96. The van der Waals surface area contributed by atoms with Crippen molar-refractivity contribution in [3.8, 4) is 5.75 Å². The molecule has 6 nitrogen and oxygen atoms in total. The number of pyridine rings is 1. The van der Waals surface area contributed by atoms with E-state index in [4.69, 9.17) is 4.74 Å². The van der Waals surface area contributed by atoms with E-state index in [1.165, 1.54) is 29.2 Å². The second kappa shape index (κ2) is 6.68. The fourth-order valence-corrected chi connectivity index (χ4v) is 2.83. The fraction of sp³-hybridized carbons (Fsp3) is 0.333. The third-order valence-corrected chi connectivity index (χ3v) is 4.21.